The number of ketones is 1. The van der Waals surface area contributed by atoms with Crippen molar-refractivity contribution in [2.45, 2.75) is 26.8 Å². The summed E-state index contributed by atoms with van der Waals surface area (Å²) in [6.45, 7) is 4.21. The highest BCUT2D eigenvalue weighted by Gasteiger charge is 2.17. The Bertz CT molecular complexity index is 384. The zero-order valence-electron chi connectivity index (χ0n) is 9.71. The maximum Gasteiger partial charge on any atom is 0.354 e. The van der Waals surface area contributed by atoms with Crippen molar-refractivity contribution in [1.29, 1.82) is 0 Å². The zero-order valence-corrected chi connectivity index (χ0v) is 9.71. The van der Waals surface area contributed by atoms with Gasteiger partial charge in [-0.05, 0) is 0 Å². The number of carbonyl (C=O) groups excluding carboxylic acids is 1. The Morgan fingerprint density at radius 2 is 2.31 bits per heavy atom. The van der Waals surface area contributed by atoms with Gasteiger partial charge in [0.2, 0.25) is 0 Å². The molecule has 1 aromatic heterocycles. The Morgan fingerprint density at radius 3 is 2.88 bits per heavy atom. The Hall–Kier alpha value is -1.72. The zero-order chi connectivity index (χ0) is 12.1. The molecule has 16 heavy (non-hydrogen) atoms. The molecule has 0 bridgehead atoms. The van der Waals surface area contributed by atoms with Crippen molar-refractivity contribution in [1.82, 2.24) is 9.78 Å². The van der Waals surface area contributed by atoms with Crippen molar-refractivity contribution in [2.24, 2.45) is 5.92 Å². The highest BCUT2D eigenvalue weighted by atomic mass is 16.8. The van der Waals surface area contributed by atoms with Gasteiger partial charge in [0.25, 0.3) is 4.92 Å². The molecule has 0 aliphatic rings. The number of carbonyl (C=O) groups is 1. The standard InChI is InChI=1S/C10H16N3O3/c1-8(2)10(14)4-5-12-7-9(6-11-12)13(15)16-3/h6-8H,4-5H2,1-3H3/q+1. The molecule has 0 unspecified atom stereocenters. The topological polar surface area (TPSA) is 64.2 Å². The second-order valence-corrected chi connectivity index (χ2v) is 3.77. The summed E-state index contributed by atoms with van der Waals surface area (Å²) >= 11 is 0. The average molecular weight is 226 g/mol. The van der Waals surface area contributed by atoms with Crippen LogP contribution in [0.25, 0.3) is 0 Å². The number of rotatable bonds is 6. The quantitative estimate of drug-likeness (QED) is 0.689. The molecule has 0 amide bonds. The summed E-state index contributed by atoms with van der Waals surface area (Å²) in [7, 11) is 1.28. The molecule has 0 aliphatic heterocycles. The van der Waals surface area contributed by atoms with Crippen LogP contribution in [0.4, 0.5) is 5.69 Å². The summed E-state index contributed by atoms with van der Waals surface area (Å²) in [6, 6.07) is 0. The normalized spacial score (nSPS) is 10.5. The molecule has 0 radical (unpaired) electrons. The second-order valence-electron chi connectivity index (χ2n) is 3.77. The lowest BCUT2D eigenvalue weighted by Crippen LogP contribution is -2.11. The van der Waals surface area contributed by atoms with E-state index < -0.39 is 0 Å². The van der Waals surface area contributed by atoms with Crippen molar-refractivity contribution in [3.05, 3.63) is 17.3 Å². The van der Waals surface area contributed by atoms with Crippen LogP contribution in [0.2, 0.25) is 0 Å². The van der Waals surface area contributed by atoms with Gasteiger partial charge in [-0.1, -0.05) is 13.8 Å². The van der Waals surface area contributed by atoms with Gasteiger partial charge in [0.05, 0.1) is 4.91 Å². The van der Waals surface area contributed by atoms with Crippen molar-refractivity contribution in [3.8, 4) is 0 Å². The van der Waals surface area contributed by atoms with E-state index in [1.807, 2.05) is 13.8 Å². The van der Waals surface area contributed by atoms with Crippen LogP contribution in [-0.4, -0.2) is 27.6 Å². The Kier molecular flexibility index (Phi) is 4.16. The molecule has 0 saturated heterocycles. The molecule has 1 heterocycles. The van der Waals surface area contributed by atoms with Crippen molar-refractivity contribution >= 4 is 11.5 Å². The number of aryl methyl sites for hydroxylation is 1. The third-order valence-electron chi connectivity index (χ3n) is 2.23. The number of nitrogens with zero attached hydrogens (tertiary/aromatic N) is 3. The van der Waals surface area contributed by atoms with Crippen LogP contribution in [-0.2, 0) is 16.2 Å². The number of hydrogen-bond donors (Lipinski definition) is 0. The molecule has 88 valence electrons. The Balaban J connectivity index is 2.53. The molecule has 0 aromatic carbocycles. The molecular weight excluding hydrogens is 210 g/mol. The van der Waals surface area contributed by atoms with Gasteiger partial charge in [-0.2, -0.15) is 5.10 Å². The van der Waals surface area contributed by atoms with Gasteiger partial charge in [-0.15, -0.1) is 0 Å². The van der Waals surface area contributed by atoms with Crippen molar-refractivity contribution in [2.75, 3.05) is 7.11 Å². The first-order valence-corrected chi connectivity index (χ1v) is 5.11. The molecule has 0 atom stereocenters. The Labute approximate surface area is 93.7 Å². The van der Waals surface area contributed by atoms with Gasteiger partial charge in [0.15, 0.2) is 7.11 Å². The van der Waals surface area contributed by atoms with Gasteiger partial charge in [0, 0.05) is 18.9 Å². The summed E-state index contributed by atoms with van der Waals surface area (Å²) in [5.74, 6) is 0.216. The van der Waals surface area contributed by atoms with Crippen molar-refractivity contribution in [3.63, 3.8) is 0 Å². The van der Waals surface area contributed by atoms with Crippen LogP contribution in [0, 0.1) is 10.8 Å². The van der Waals surface area contributed by atoms with Crippen LogP contribution < -0.4 is 0 Å². The van der Waals surface area contributed by atoms with Crippen LogP contribution in [0.5, 0.6) is 0 Å². The minimum atomic E-state index is 0.0324. The monoisotopic (exact) mass is 226 g/mol. The largest absolute Gasteiger partial charge is 0.354 e. The van der Waals surface area contributed by atoms with Crippen LogP contribution in [0.3, 0.4) is 0 Å². The van der Waals surface area contributed by atoms with Gasteiger partial charge >= 0.3 is 5.69 Å². The van der Waals surface area contributed by atoms with E-state index in [0.29, 0.717) is 23.6 Å². The number of hydrogen-bond acceptors (Lipinski definition) is 4. The van der Waals surface area contributed by atoms with Crippen molar-refractivity contribution < 1.29 is 14.6 Å². The van der Waals surface area contributed by atoms with Gasteiger partial charge in [-0.25, -0.2) is 4.84 Å². The lowest BCUT2D eigenvalue weighted by molar-refractivity contribution is -0.736. The molecule has 1 aromatic rings. The molecule has 6 nitrogen and oxygen atoms in total. The van der Waals surface area contributed by atoms with Crippen LogP contribution in [0.1, 0.15) is 20.3 Å². The molecule has 0 saturated carbocycles. The molecule has 1 rings (SSSR count). The summed E-state index contributed by atoms with van der Waals surface area (Å²) < 4.78 is 1.56. The fourth-order valence-corrected chi connectivity index (χ4v) is 1.19. The predicted octanol–water partition coefficient (Wildman–Crippen LogP) is 1.47. The predicted molar refractivity (Wildman–Crippen MR) is 57.0 cm³/mol. The lowest BCUT2D eigenvalue weighted by atomic mass is 10.1. The first-order valence-electron chi connectivity index (χ1n) is 5.11. The minimum absolute atomic E-state index is 0.0324. The average Bonchev–Trinajstić information content (AvgIpc) is 2.73. The van der Waals surface area contributed by atoms with Crippen LogP contribution >= 0.6 is 0 Å². The minimum Gasteiger partial charge on any atom is -0.299 e. The highest BCUT2D eigenvalue weighted by Crippen LogP contribution is 2.10. The van der Waals surface area contributed by atoms with E-state index in [1.54, 1.807) is 10.9 Å². The maximum atomic E-state index is 11.4. The lowest BCUT2D eigenvalue weighted by Gasteiger charge is -2.03. The molecule has 0 spiro atoms. The second kappa shape index (κ2) is 5.39. The van der Waals surface area contributed by atoms with E-state index in [4.69, 9.17) is 0 Å². The first kappa shape index (κ1) is 12.4. The maximum absolute atomic E-state index is 11.4. The highest BCUT2D eigenvalue weighted by molar-refractivity contribution is 5.80. The number of aromatic nitrogens is 2. The summed E-state index contributed by atoms with van der Waals surface area (Å²) in [4.78, 5) is 27.3. The fraction of sp³-hybridized carbons (Fsp3) is 0.600. The van der Waals surface area contributed by atoms with Gasteiger partial charge in [0.1, 0.15) is 18.2 Å². The van der Waals surface area contributed by atoms with E-state index in [0.717, 1.165) is 0 Å². The molecule has 0 aliphatic carbocycles. The molecule has 0 fully saturated rings. The summed E-state index contributed by atoms with van der Waals surface area (Å²) in [5, 5.41) is 3.96. The molecule has 0 N–H and O–H groups in total. The van der Waals surface area contributed by atoms with E-state index in [-0.39, 0.29) is 11.7 Å². The molecule has 6 heteroatoms. The van der Waals surface area contributed by atoms with E-state index in [1.165, 1.54) is 13.3 Å². The first-order chi connectivity index (χ1) is 7.54. The van der Waals surface area contributed by atoms with Gasteiger partial charge < -0.3 is 0 Å². The van der Waals surface area contributed by atoms with E-state index >= 15 is 0 Å². The van der Waals surface area contributed by atoms with Crippen LogP contribution in [0.15, 0.2) is 12.4 Å². The summed E-state index contributed by atoms with van der Waals surface area (Å²) in [5.41, 5.74) is 0.319. The fourth-order valence-electron chi connectivity index (χ4n) is 1.19. The van der Waals surface area contributed by atoms with E-state index in [9.17, 15) is 9.70 Å². The molecular formula is C10H16N3O3+. The SMILES string of the molecule is CO[N+](=O)c1cnn(CCC(=O)C(C)C)c1. The van der Waals surface area contributed by atoms with Gasteiger partial charge in [-0.3, -0.25) is 9.48 Å². The smallest absolute Gasteiger partial charge is 0.299 e. The number of Topliss-reactive ketones (excluding diaryl/α,β-unsaturated/α-hetero) is 1. The summed E-state index contributed by atoms with van der Waals surface area (Å²) in [6.07, 6.45) is 3.37. The third kappa shape index (κ3) is 3.15. The third-order valence-corrected chi connectivity index (χ3v) is 2.23. The van der Waals surface area contributed by atoms with E-state index in [2.05, 4.69) is 9.94 Å². The Morgan fingerprint density at radius 1 is 1.62 bits per heavy atom.